The van der Waals surface area contributed by atoms with Gasteiger partial charge in [-0.2, -0.15) is 0 Å². The van der Waals surface area contributed by atoms with E-state index in [1.54, 1.807) is 13.3 Å². The zero-order valence-electron chi connectivity index (χ0n) is 8.44. The molecule has 14 heavy (non-hydrogen) atoms. The fraction of sp³-hybridized carbons (Fsp3) is 0.364. The minimum atomic E-state index is 0.747. The predicted molar refractivity (Wildman–Crippen MR) is 58.0 cm³/mol. The first-order valence-electron chi connectivity index (χ1n) is 4.70. The topological polar surface area (TPSA) is 34.1 Å². The number of hydrogen-bond acceptors (Lipinski definition) is 3. The van der Waals surface area contributed by atoms with Gasteiger partial charge < -0.3 is 10.1 Å². The van der Waals surface area contributed by atoms with Crippen LogP contribution in [0.15, 0.2) is 30.5 Å². The molecule has 0 saturated carbocycles. The van der Waals surface area contributed by atoms with E-state index in [1.165, 1.54) is 0 Å². The summed E-state index contributed by atoms with van der Waals surface area (Å²) in [5, 5.41) is 3.22. The van der Waals surface area contributed by atoms with Crippen LogP contribution < -0.4 is 5.32 Å². The van der Waals surface area contributed by atoms with Crippen molar-refractivity contribution in [1.29, 1.82) is 0 Å². The Bertz CT molecular complexity index is 259. The van der Waals surface area contributed by atoms with Crippen LogP contribution in [0.2, 0.25) is 0 Å². The summed E-state index contributed by atoms with van der Waals surface area (Å²) in [7, 11) is 1.70. The lowest BCUT2D eigenvalue weighted by atomic mass is 10.3. The van der Waals surface area contributed by atoms with Crippen LogP contribution in [0.25, 0.3) is 6.08 Å². The standard InChI is InChI=1S/C11H16N2O/c1-14-10-9-12-7-4-6-11-5-2-3-8-13-11/h2-6,8,12H,7,9-10H2,1H3. The molecule has 76 valence electrons. The molecule has 1 N–H and O–H groups in total. The fourth-order valence-corrected chi connectivity index (χ4v) is 1.01. The maximum Gasteiger partial charge on any atom is 0.0626 e. The summed E-state index contributed by atoms with van der Waals surface area (Å²) in [6, 6.07) is 5.87. The summed E-state index contributed by atoms with van der Waals surface area (Å²) >= 11 is 0. The highest BCUT2D eigenvalue weighted by Crippen LogP contribution is 1.94. The van der Waals surface area contributed by atoms with Crippen LogP contribution in [-0.4, -0.2) is 31.8 Å². The van der Waals surface area contributed by atoms with E-state index < -0.39 is 0 Å². The number of rotatable bonds is 6. The molecule has 0 aliphatic heterocycles. The van der Waals surface area contributed by atoms with Crippen molar-refractivity contribution in [3.05, 3.63) is 36.2 Å². The Balaban J connectivity index is 2.15. The Morgan fingerprint density at radius 3 is 3.14 bits per heavy atom. The van der Waals surface area contributed by atoms with Gasteiger partial charge in [-0.25, -0.2) is 0 Å². The summed E-state index contributed by atoms with van der Waals surface area (Å²) < 4.78 is 4.91. The second-order valence-electron chi connectivity index (χ2n) is 2.85. The molecule has 0 spiro atoms. The van der Waals surface area contributed by atoms with E-state index in [0.29, 0.717) is 0 Å². The van der Waals surface area contributed by atoms with Crippen LogP contribution in [0.1, 0.15) is 5.69 Å². The molecular formula is C11H16N2O. The van der Waals surface area contributed by atoms with Crippen molar-refractivity contribution in [1.82, 2.24) is 10.3 Å². The molecule has 0 saturated heterocycles. The Hall–Kier alpha value is -1.19. The molecular weight excluding hydrogens is 176 g/mol. The Morgan fingerprint density at radius 1 is 1.50 bits per heavy atom. The highest BCUT2D eigenvalue weighted by molar-refractivity contribution is 5.43. The molecule has 0 unspecified atom stereocenters. The monoisotopic (exact) mass is 192 g/mol. The number of aromatic nitrogens is 1. The average Bonchev–Trinajstić information content (AvgIpc) is 2.25. The van der Waals surface area contributed by atoms with Crippen LogP contribution in [-0.2, 0) is 4.74 Å². The van der Waals surface area contributed by atoms with Gasteiger partial charge >= 0.3 is 0 Å². The first-order chi connectivity index (χ1) is 6.93. The van der Waals surface area contributed by atoms with Gasteiger partial charge in [-0.05, 0) is 18.2 Å². The minimum Gasteiger partial charge on any atom is -0.383 e. The molecule has 0 amide bonds. The molecule has 3 heteroatoms. The van der Waals surface area contributed by atoms with E-state index in [9.17, 15) is 0 Å². The third-order valence-electron chi connectivity index (χ3n) is 1.72. The Kier molecular flexibility index (Phi) is 5.63. The first kappa shape index (κ1) is 10.9. The molecule has 1 heterocycles. The molecule has 0 aliphatic carbocycles. The van der Waals surface area contributed by atoms with Crippen molar-refractivity contribution < 1.29 is 4.74 Å². The van der Waals surface area contributed by atoms with E-state index in [1.807, 2.05) is 24.3 Å². The van der Waals surface area contributed by atoms with Gasteiger partial charge in [0.25, 0.3) is 0 Å². The van der Waals surface area contributed by atoms with Crippen molar-refractivity contribution in [2.24, 2.45) is 0 Å². The highest BCUT2D eigenvalue weighted by atomic mass is 16.5. The van der Waals surface area contributed by atoms with Gasteiger partial charge in [0, 0.05) is 26.4 Å². The molecule has 0 aliphatic rings. The summed E-state index contributed by atoms with van der Waals surface area (Å²) in [5.74, 6) is 0. The van der Waals surface area contributed by atoms with E-state index in [2.05, 4.69) is 16.4 Å². The van der Waals surface area contributed by atoms with Crippen LogP contribution in [0.5, 0.6) is 0 Å². The van der Waals surface area contributed by atoms with E-state index in [-0.39, 0.29) is 0 Å². The molecule has 1 aromatic heterocycles. The maximum absolute atomic E-state index is 4.91. The largest absolute Gasteiger partial charge is 0.383 e. The van der Waals surface area contributed by atoms with Gasteiger partial charge in [-0.1, -0.05) is 12.1 Å². The second kappa shape index (κ2) is 7.24. The molecule has 1 aromatic rings. The number of ether oxygens (including phenoxy) is 1. The number of pyridine rings is 1. The lowest BCUT2D eigenvalue weighted by Gasteiger charge is -1.98. The fourth-order valence-electron chi connectivity index (χ4n) is 1.01. The van der Waals surface area contributed by atoms with Gasteiger partial charge in [0.1, 0.15) is 0 Å². The normalized spacial score (nSPS) is 10.9. The van der Waals surface area contributed by atoms with Gasteiger partial charge in [0.15, 0.2) is 0 Å². The second-order valence-corrected chi connectivity index (χ2v) is 2.85. The van der Waals surface area contributed by atoms with Crippen molar-refractivity contribution in [3.63, 3.8) is 0 Å². The number of nitrogens with one attached hydrogen (secondary N) is 1. The van der Waals surface area contributed by atoms with Crippen molar-refractivity contribution in [3.8, 4) is 0 Å². The number of hydrogen-bond donors (Lipinski definition) is 1. The zero-order valence-corrected chi connectivity index (χ0v) is 8.44. The van der Waals surface area contributed by atoms with Crippen molar-refractivity contribution >= 4 is 6.08 Å². The van der Waals surface area contributed by atoms with Gasteiger partial charge in [-0.15, -0.1) is 0 Å². The lowest BCUT2D eigenvalue weighted by molar-refractivity contribution is 0.200. The molecule has 0 radical (unpaired) electrons. The van der Waals surface area contributed by atoms with Gasteiger partial charge in [-0.3, -0.25) is 4.98 Å². The Labute approximate surface area is 84.8 Å². The van der Waals surface area contributed by atoms with Crippen molar-refractivity contribution in [2.75, 3.05) is 26.8 Å². The lowest BCUT2D eigenvalue weighted by Crippen LogP contribution is -2.18. The third-order valence-corrected chi connectivity index (χ3v) is 1.72. The van der Waals surface area contributed by atoms with E-state index in [4.69, 9.17) is 4.74 Å². The number of methoxy groups -OCH3 is 1. The first-order valence-corrected chi connectivity index (χ1v) is 4.70. The summed E-state index contributed by atoms with van der Waals surface area (Å²) in [4.78, 5) is 4.17. The smallest absolute Gasteiger partial charge is 0.0626 e. The van der Waals surface area contributed by atoms with E-state index in [0.717, 1.165) is 25.4 Å². The van der Waals surface area contributed by atoms with Gasteiger partial charge in [0.05, 0.1) is 12.3 Å². The van der Waals surface area contributed by atoms with E-state index >= 15 is 0 Å². The predicted octanol–water partition coefficient (Wildman–Crippen LogP) is 1.33. The SMILES string of the molecule is COCCNCC=Cc1ccccn1. The summed E-state index contributed by atoms with van der Waals surface area (Å²) in [6.45, 7) is 2.47. The molecule has 3 nitrogen and oxygen atoms in total. The zero-order chi connectivity index (χ0) is 10.1. The van der Waals surface area contributed by atoms with Gasteiger partial charge in [0.2, 0.25) is 0 Å². The summed E-state index contributed by atoms with van der Waals surface area (Å²) in [6.07, 6.45) is 5.84. The van der Waals surface area contributed by atoms with Crippen LogP contribution >= 0.6 is 0 Å². The molecule has 1 rings (SSSR count). The third kappa shape index (κ3) is 4.74. The van der Waals surface area contributed by atoms with Crippen LogP contribution in [0.3, 0.4) is 0 Å². The highest BCUT2D eigenvalue weighted by Gasteiger charge is 1.84. The maximum atomic E-state index is 4.91. The Morgan fingerprint density at radius 2 is 2.43 bits per heavy atom. The summed E-state index contributed by atoms with van der Waals surface area (Å²) in [5.41, 5.74) is 0.987. The number of nitrogens with zero attached hydrogens (tertiary/aromatic N) is 1. The average molecular weight is 192 g/mol. The molecule has 0 aromatic carbocycles. The van der Waals surface area contributed by atoms with Crippen LogP contribution in [0, 0.1) is 0 Å². The quantitative estimate of drug-likeness (QED) is 0.690. The molecule has 0 atom stereocenters. The van der Waals surface area contributed by atoms with Crippen LogP contribution in [0.4, 0.5) is 0 Å². The molecule has 0 fully saturated rings. The van der Waals surface area contributed by atoms with Crippen molar-refractivity contribution in [2.45, 2.75) is 0 Å². The minimum absolute atomic E-state index is 0.747. The molecule has 0 bridgehead atoms.